The maximum Gasteiger partial charge on any atom is 0.416 e. The van der Waals surface area contributed by atoms with Gasteiger partial charge in [-0.05, 0) is 23.8 Å². The van der Waals surface area contributed by atoms with Crippen molar-refractivity contribution in [2.45, 2.75) is 31.0 Å². The predicted molar refractivity (Wildman–Crippen MR) is 122 cm³/mol. The maximum atomic E-state index is 12.9. The van der Waals surface area contributed by atoms with Gasteiger partial charge in [-0.3, -0.25) is 9.59 Å². The molecule has 0 aliphatic rings. The number of rotatable bonds is 9. The van der Waals surface area contributed by atoms with Gasteiger partial charge in [-0.2, -0.15) is 13.2 Å². The summed E-state index contributed by atoms with van der Waals surface area (Å²) in [6.07, 6.45) is -3.19. The molecule has 3 aromatic rings. The zero-order chi connectivity index (χ0) is 24.7. The van der Waals surface area contributed by atoms with Gasteiger partial charge in [0.05, 0.1) is 40.5 Å². The number of anilines is 1. The molecule has 0 bridgehead atoms. The first-order valence-corrected chi connectivity index (χ1v) is 11.3. The summed E-state index contributed by atoms with van der Waals surface area (Å²) in [5.74, 6) is -1.14. The summed E-state index contributed by atoms with van der Waals surface area (Å²) in [5.41, 5.74) is 0.188. The summed E-state index contributed by atoms with van der Waals surface area (Å²) in [7, 11) is 0. The fraction of sp³-hybridized carbons (Fsp3) is 0.227. The van der Waals surface area contributed by atoms with Gasteiger partial charge in [0.1, 0.15) is 6.54 Å². The Labute approximate surface area is 202 Å². The highest BCUT2D eigenvalue weighted by molar-refractivity contribution is 7.99. The van der Waals surface area contributed by atoms with Crippen LogP contribution in [0, 0.1) is 0 Å². The van der Waals surface area contributed by atoms with E-state index in [0.29, 0.717) is 17.4 Å². The second-order valence-electron chi connectivity index (χ2n) is 7.07. The Balaban J connectivity index is 1.61. The van der Waals surface area contributed by atoms with E-state index < -0.39 is 17.6 Å². The topological polar surface area (TPSA) is 96.2 Å². The van der Waals surface area contributed by atoms with Crippen molar-refractivity contribution in [1.82, 2.24) is 14.9 Å². The van der Waals surface area contributed by atoms with Crippen LogP contribution in [0.4, 0.5) is 18.9 Å². The number of halogens is 4. The predicted octanol–water partition coefficient (Wildman–Crippen LogP) is 4.09. The number of nitrogens with one attached hydrogen (secondary N) is 2. The number of carbonyl (C=O) groups excluding carboxylic acids is 2. The fourth-order valence-corrected chi connectivity index (χ4v) is 3.87. The first-order chi connectivity index (χ1) is 16.2. The molecule has 1 heterocycles. The van der Waals surface area contributed by atoms with Crippen LogP contribution >= 0.6 is 23.4 Å². The molecule has 3 rings (SSSR count). The molecular formula is C22H20ClF3N4O3S. The highest BCUT2D eigenvalue weighted by atomic mass is 35.5. The number of aliphatic hydroxyl groups excluding tert-OH is 1. The number of alkyl halides is 3. The van der Waals surface area contributed by atoms with Crippen molar-refractivity contribution < 1.29 is 27.9 Å². The number of benzene rings is 2. The van der Waals surface area contributed by atoms with Gasteiger partial charge in [0.25, 0.3) is 0 Å². The normalized spacial score (nSPS) is 11.3. The lowest BCUT2D eigenvalue weighted by atomic mass is 10.2. The lowest BCUT2D eigenvalue weighted by Crippen LogP contribution is -2.28. The SMILES string of the molecule is O=C(Cn1c(CO)cnc1SCC(=O)Nc1cc(C(F)(F)F)ccc1Cl)NCc1ccccc1. The van der Waals surface area contributed by atoms with E-state index in [2.05, 4.69) is 15.6 Å². The lowest BCUT2D eigenvalue weighted by molar-refractivity contribution is -0.137. The molecular weight excluding hydrogens is 493 g/mol. The van der Waals surface area contributed by atoms with E-state index in [4.69, 9.17) is 11.6 Å². The molecule has 0 unspecified atom stereocenters. The quantitative estimate of drug-likeness (QED) is 0.375. The minimum Gasteiger partial charge on any atom is -0.390 e. The molecule has 0 radical (unpaired) electrons. The molecule has 2 aromatic carbocycles. The number of nitrogens with zero attached hydrogens (tertiary/aromatic N) is 2. The van der Waals surface area contributed by atoms with Crippen molar-refractivity contribution in [3.05, 3.63) is 76.6 Å². The number of imidazole rings is 1. The summed E-state index contributed by atoms with van der Waals surface area (Å²) in [4.78, 5) is 28.9. The Kier molecular flexibility index (Phi) is 8.59. The third-order valence-electron chi connectivity index (χ3n) is 4.60. The van der Waals surface area contributed by atoms with Crippen LogP contribution in [-0.4, -0.2) is 32.2 Å². The number of aromatic nitrogens is 2. The van der Waals surface area contributed by atoms with Crippen molar-refractivity contribution in [1.29, 1.82) is 0 Å². The molecule has 0 saturated carbocycles. The third kappa shape index (κ3) is 6.99. The Morgan fingerprint density at radius 3 is 2.53 bits per heavy atom. The van der Waals surface area contributed by atoms with Gasteiger partial charge in [-0.1, -0.05) is 53.7 Å². The van der Waals surface area contributed by atoms with Crippen LogP contribution in [-0.2, 0) is 35.5 Å². The molecule has 3 N–H and O–H groups in total. The first-order valence-electron chi connectivity index (χ1n) is 9.92. The standard InChI is InChI=1S/C22H20ClF3N4O3S/c23-17-7-6-15(22(24,25)26)8-18(17)29-20(33)13-34-21-28-10-16(12-31)30(21)11-19(32)27-9-14-4-2-1-3-5-14/h1-8,10,31H,9,11-13H2,(H,27,32)(H,29,33). The molecule has 0 spiro atoms. The Morgan fingerprint density at radius 1 is 1.12 bits per heavy atom. The molecule has 0 atom stereocenters. The third-order valence-corrected chi connectivity index (χ3v) is 5.92. The second kappa shape index (κ2) is 11.4. The minimum absolute atomic E-state index is 0.0366. The van der Waals surface area contributed by atoms with Crippen molar-refractivity contribution >= 4 is 40.9 Å². The molecule has 0 fully saturated rings. The zero-order valence-corrected chi connectivity index (χ0v) is 19.2. The van der Waals surface area contributed by atoms with Crippen LogP contribution in [0.5, 0.6) is 0 Å². The van der Waals surface area contributed by atoms with Crippen LogP contribution in [0.25, 0.3) is 0 Å². The monoisotopic (exact) mass is 512 g/mol. The van der Waals surface area contributed by atoms with Gasteiger partial charge in [0, 0.05) is 6.54 Å². The largest absolute Gasteiger partial charge is 0.416 e. The molecule has 180 valence electrons. The molecule has 34 heavy (non-hydrogen) atoms. The zero-order valence-electron chi connectivity index (χ0n) is 17.6. The van der Waals surface area contributed by atoms with Crippen molar-refractivity contribution in [2.24, 2.45) is 0 Å². The van der Waals surface area contributed by atoms with Crippen LogP contribution in [0.1, 0.15) is 16.8 Å². The molecule has 12 heteroatoms. The maximum absolute atomic E-state index is 12.9. The lowest BCUT2D eigenvalue weighted by Gasteiger charge is -2.13. The number of carbonyl (C=O) groups is 2. The summed E-state index contributed by atoms with van der Waals surface area (Å²) in [6, 6.07) is 11.9. The van der Waals surface area contributed by atoms with Gasteiger partial charge in [-0.15, -0.1) is 0 Å². The number of hydrogen-bond donors (Lipinski definition) is 3. The summed E-state index contributed by atoms with van der Waals surface area (Å²) >= 11 is 6.87. The molecule has 7 nitrogen and oxygen atoms in total. The van der Waals surface area contributed by atoms with Gasteiger partial charge in [0.2, 0.25) is 11.8 Å². The highest BCUT2D eigenvalue weighted by Crippen LogP contribution is 2.34. The van der Waals surface area contributed by atoms with Crippen LogP contribution in [0.3, 0.4) is 0 Å². The van der Waals surface area contributed by atoms with Gasteiger partial charge in [-0.25, -0.2) is 4.98 Å². The second-order valence-corrected chi connectivity index (χ2v) is 8.42. The van der Waals surface area contributed by atoms with Crippen molar-refractivity contribution in [3.8, 4) is 0 Å². The Bertz CT molecular complexity index is 1160. The van der Waals surface area contributed by atoms with E-state index in [1.54, 1.807) is 0 Å². The number of aliphatic hydroxyl groups is 1. The van der Waals surface area contributed by atoms with Gasteiger partial charge < -0.3 is 20.3 Å². The molecule has 0 aliphatic carbocycles. The Hall–Kier alpha value is -3.02. The molecule has 2 amide bonds. The number of hydrogen-bond acceptors (Lipinski definition) is 5. The minimum atomic E-state index is -4.58. The fourth-order valence-electron chi connectivity index (χ4n) is 2.91. The van der Waals surface area contributed by atoms with Crippen LogP contribution < -0.4 is 10.6 Å². The van der Waals surface area contributed by atoms with Crippen LogP contribution in [0.2, 0.25) is 5.02 Å². The summed E-state index contributed by atoms with van der Waals surface area (Å²) in [6.45, 7) is -0.177. The first kappa shape index (κ1) is 25.6. The summed E-state index contributed by atoms with van der Waals surface area (Å²) < 4.78 is 40.2. The van der Waals surface area contributed by atoms with E-state index in [1.165, 1.54) is 10.8 Å². The van der Waals surface area contributed by atoms with Crippen LogP contribution in [0.15, 0.2) is 59.9 Å². The van der Waals surface area contributed by atoms with Crippen molar-refractivity contribution in [2.75, 3.05) is 11.1 Å². The molecule has 0 saturated heterocycles. The average molecular weight is 513 g/mol. The van der Waals surface area contributed by atoms with E-state index in [0.717, 1.165) is 35.5 Å². The van der Waals surface area contributed by atoms with E-state index >= 15 is 0 Å². The number of thioether (sulfide) groups is 1. The van der Waals surface area contributed by atoms with Gasteiger partial charge in [0.15, 0.2) is 5.16 Å². The number of amides is 2. The Morgan fingerprint density at radius 2 is 1.85 bits per heavy atom. The molecule has 1 aromatic heterocycles. The average Bonchev–Trinajstić information content (AvgIpc) is 3.19. The highest BCUT2D eigenvalue weighted by Gasteiger charge is 2.31. The smallest absolute Gasteiger partial charge is 0.390 e. The molecule has 0 aliphatic heterocycles. The van der Waals surface area contributed by atoms with E-state index in [-0.39, 0.29) is 35.5 Å². The van der Waals surface area contributed by atoms with Crippen molar-refractivity contribution in [3.63, 3.8) is 0 Å². The van der Waals surface area contributed by atoms with Gasteiger partial charge >= 0.3 is 6.18 Å². The summed E-state index contributed by atoms with van der Waals surface area (Å²) in [5, 5.41) is 14.9. The van der Waals surface area contributed by atoms with E-state index in [9.17, 15) is 27.9 Å². The van der Waals surface area contributed by atoms with E-state index in [1.807, 2.05) is 30.3 Å².